The van der Waals surface area contributed by atoms with Crippen LogP contribution in [0.25, 0.3) is 0 Å². The quantitative estimate of drug-likeness (QED) is 0.792. The molecule has 0 unspecified atom stereocenters. The Bertz CT molecular complexity index is 269. The summed E-state index contributed by atoms with van der Waals surface area (Å²) in [6.07, 6.45) is 4.97. The van der Waals surface area contributed by atoms with E-state index < -0.39 is 0 Å². The van der Waals surface area contributed by atoms with Gasteiger partial charge in [0.25, 0.3) is 0 Å². The van der Waals surface area contributed by atoms with Crippen LogP contribution in [0.15, 0.2) is 22.9 Å². The number of hydrogen-bond donors (Lipinski definition) is 1. The van der Waals surface area contributed by atoms with Crippen LogP contribution in [0.4, 0.5) is 0 Å². The van der Waals surface area contributed by atoms with E-state index in [-0.39, 0.29) is 0 Å². The van der Waals surface area contributed by atoms with Gasteiger partial charge in [0, 0.05) is 23.4 Å². The molecule has 12 heavy (non-hydrogen) atoms. The van der Waals surface area contributed by atoms with E-state index in [0.29, 0.717) is 5.92 Å². The van der Waals surface area contributed by atoms with E-state index in [1.165, 1.54) is 12.0 Å². The van der Waals surface area contributed by atoms with Gasteiger partial charge in [-0.2, -0.15) is 0 Å². The zero-order valence-electron chi connectivity index (χ0n) is 6.76. The molecule has 0 aliphatic carbocycles. The minimum Gasteiger partial charge on any atom is -0.316 e. The zero-order valence-corrected chi connectivity index (χ0v) is 8.34. The van der Waals surface area contributed by atoms with Crippen LogP contribution >= 0.6 is 15.9 Å². The molecule has 1 atom stereocenters. The van der Waals surface area contributed by atoms with Gasteiger partial charge in [-0.25, -0.2) is 0 Å². The molecule has 1 fully saturated rings. The van der Waals surface area contributed by atoms with Crippen LogP contribution < -0.4 is 5.32 Å². The average molecular weight is 227 g/mol. The lowest BCUT2D eigenvalue weighted by Crippen LogP contribution is -2.08. The molecule has 64 valence electrons. The lowest BCUT2D eigenvalue weighted by Gasteiger charge is -2.09. The molecule has 2 rings (SSSR count). The van der Waals surface area contributed by atoms with Crippen LogP contribution in [-0.2, 0) is 0 Å². The van der Waals surface area contributed by atoms with Gasteiger partial charge in [0.1, 0.15) is 0 Å². The number of halogens is 1. The van der Waals surface area contributed by atoms with Crippen molar-refractivity contribution < 1.29 is 0 Å². The van der Waals surface area contributed by atoms with Crippen LogP contribution in [0, 0.1) is 0 Å². The number of nitrogens with one attached hydrogen (secondary N) is 1. The predicted octanol–water partition coefficient (Wildman–Crippen LogP) is 1.92. The van der Waals surface area contributed by atoms with Crippen molar-refractivity contribution in [3.05, 3.63) is 28.5 Å². The highest BCUT2D eigenvalue weighted by atomic mass is 79.9. The monoisotopic (exact) mass is 226 g/mol. The molecule has 2 nitrogen and oxygen atoms in total. The summed E-state index contributed by atoms with van der Waals surface area (Å²) in [5.41, 5.74) is 1.38. The SMILES string of the molecule is Brc1cnccc1[C@@H]1CCNC1. The molecular weight excluding hydrogens is 216 g/mol. The van der Waals surface area contributed by atoms with E-state index in [1.807, 2.05) is 12.4 Å². The second kappa shape index (κ2) is 3.54. The molecular formula is C9H11BrN2. The highest BCUT2D eigenvalue weighted by molar-refractivity contribution is 9.10. The molecule has 1 aliphatic heterocycles. The van der Waals surface area contributed by atoms with Crippen LogP contribution in [0.3, 0.4) is 0 Å². The highest BCUT2D eigenvalue weighted by Gasteiger charge is 2.18. The van der Waals surface area contributed by atoms with Crippen LogP contribution in [-0.4, -0.2) is 18.1 Å². The summed E-state index contributed by atoms with van der Waals surface area (Å²) < 4.78 is 1.14. The smallest absolute Gasteiger partial charge is 0.0413 e. The van der Waals surface area contributed by atoms with Crippen molar-refractivity contribution in [2.24, 2.45) is 0 Å². The first-order chi connectivity index (χ1) is 5.88. The normalized spacial score (nSPS) is 22.9. The lowest BCUT2D eigenvalue weighted by atomic mass is 10.00. The molecule has 1 N–H and O–H groups in total. The minimum atomic E-state index is 0.669. The molecule has 1 aromatic heterocycles. The van der Waals surface area contributed by atoms with Gasteiger partial charge in [-0.15, -0.1) is 0 Å². The fourth-order valence-corrected chi connectivity index (χ4v) is 2.21. The van der Waals surface area contributed by atoms with Crippen molar-refractivity contribution in [3.63, 3.8) is 0 Å². The van der Waals surface area contributed by atoms with Gasteiger partial charge in [0.2, 0.25) is 0 Å². The second-order valence-corrected chi connectivity index (χ2v) is 3.94. The molecule has 0 spiro atoms. The number of nitrogens with zero attached hydrogens (tertiary/aromatic N) is 1. The zero-order chi connectivity index (χ0) is 8.39. The summed E-state index contributed by atoms with van der Waals surface area (Å²) in [6.45, 7) is 2.24. The average Bonchev–Trinajstić information content (AvgIpc) is 2.57. The molecule has 0 radical (unpaired) electrons. The lowest BCUT2D eigenvalue weighted by molar-refractivity contribution is 0.757. The van der Waals surface area contributed by atoms with Crippen molar-refractivity contribution in [2.75, 3.05) is 13.1 Å². The maximum absolute atomic E-state index is 4.05. The van der Waals surface area contributed by atoms with Crippen molar-refractivity contribution in [1.29, 1.82) is 0 Å². The fraction of sp³-hybridized carbons (Fsp3) is 0.444. The third-order valence-corrected chi connectivity index (χ3v) is 2.97. The standard InChI is InChI=1S/C9H11BrN2/c10-9-6-12-4-2-8(9)7-1-3-11-5-7/h2,4,6-7,11H,1,3,5H2/t7-/m1/s1. The van der Waals surface area contributed by atoms with E-state index in [2.05, 4.69) is 32.3 Å². The number of rotatable bonds is 1. The summed E-state index contributed by atoms with van der Waals surface area (Å²) >= 11 is 3.52. The molecule has 0 amide bonds. The van der Waals surface area contributed by atoms with E-state index in [4.69, 9.17) is 0 Å². The van der Waals surface area contributed by atoms with E-state index in [9.17, 15) is 0 Å². The van der Waals surface area contributed by atoms with Gasteiger partial charge in [-0.3, -0.25) is 4.98 Å². The highest BCUT2D eigenvalue weighted by Crippen LogP contribution is 2.27. The number of hydrogen-bond acceptors (Lipinski definition) is 2. The first-order valence-electron chi connectivity index (χ1n) is 4.18. The molecule has 1 aromatic rings. The second-order valence-electron chi connectivity index (χ2n) is 3.09. The van der Waals surface area contributed by atoms with Gasteiger partial charge in [-0.1, -0.05) is 0 Å². The molecule has 0 aromatic carbocycles. The summed E-state index contributed by atoms with van der Waals surface area (Å²) in [5, 5.41) is 3.36. The molecule has 1 saturated heterocycles. The fourth-order valence-electron chi connectivity index (χ4n) is 1.64. The van der Waals surface area contributed by atoms with Gasteiger partial charge in [0.15, 0.2) is 0 Å². The Morgan fingerprint density at radius 3 is 3.17 bits per heavy atom. The van der Waals surface area contributed by atoms with Crippen molar-refractivity contribution in [1.82, 2.24) is 10.3 Å². The van der Waals surface area contributed by atoms with E-state index >= 15 is 0 Å². The molecule has 1 aliphatic rings. The molecule has 3 heteroatoms. The van der Waals surface area contributed by atoms with Crippen molar-refractivity contribution >= 4 is 15.9 Å². The first-order valence-corrected chi connectivity index (χ1v) is 4.97. The maximum atomic E-state index is 4.05. The predicted molar refractivity (Wildman–Crippen MR) is 52.2 cm³/mol. The Balaban J connectivity index is 2.26. The third kappa shape index (κ3) is 1.52. The van der Waals surface area contributed by atoms with Crippen LogP contribution in [0.5, 0.6) is 0 Å². The summed E-state index contributed by atoms with van der Waals surface area (Å²) in [4.78, 5) is 4.05. The van der Waals surface area contributed by atoms with Gasteiger partial charge >= 0.3 is 0 Å². The largest absolute Gasteiger partial charge is 0.316 e. The van der Waals surface area contributed by atoms with Gasteiger partial charge < -0.3 is 5.32 Å². The van der Waals surface area contributed by atoms with Gasteiger partial charge in [-0.05, 0) is 46.4 Å². The Kier molecular flexibility index (Phi) is 2.42. The Labute approximate surface area is 80.5 Å². The number of aromatic nitrogens is 1. The van der Waals surface area contributed by atoms with E-state index in [0.717, 1.165) is 17.6 Å². The molecule has 0 bridgehead atoms. The van der Waals surface area contributed by atoms with Gasteiger partial charge in [0.05, 0.1) is 0 Å². The maximum Gasteiger partial charge on any atom is 0.0413 e. The Morgan fingerprint density at radius 2 is 2.50 bits per heavy atom. The van der Waals surface area contributed by atoms with Crippen LogP contribution in [0.1, 0.15) is 17.9 Å². The van der Waals surface area contributed by atoms with E-state index in [1.54, 1.807) is 0 Å². The Morgan fingerprint density at radius 1 is 1.58 bits per heavy atom. The summed E-state index contributed by atoms with van der Waals surface area (Å²) in [5.74, 6) is 0.669. The number of pyridine rings is 1. The molecule has 0 saturated carbocycles. The summed E-state index contributed by atoms with van der Waals surface area (Å²) in [7, 11) is 0. The third-order valence-electron chi connectivity index (χ3n) is 2.30. The first kappa shape index (κ1) is 8.20. The molecule has 2 heterocycles. The topological polar surface area (TPSA) is 24.9 Å². The Hall–Kier alpha value is -0.410. The minimum absolute atomic E-state index is 0.669. The summed E-state index contributed by atoms with van der Waals surface area (Å²) in [6, 6.07) is 2.10. The van der Waals surface area contributed by atoms with Crippen molar-refractivity contribution in [3.8, 4) is 0 Å². The van der Waals surface area contributed by atoms with Crippen molar-refractivity contribution in [2.45, 2.75) is 12.3 Å². The van der Waals surface area contributed by atoms with Crippen LogP contribution in [0.2, 0.25) is 0 Å².